The lowest BCUT2D eigenvalue weighted by Gasteiger charge is -2.24. The predicted octanol–water partition coefficient (Wildman–Crippen LogP) is 5.91. The molecule has 178 valence electrons. The normalized spacial score (nSPS) is 11.4. The van der Waals surface area contributed by atoms with E-state index in [1.165, 1.54) is 25.3 Å². The molecule has 0 spiro atoms. The molecule has 0 bridgehead atoms. The summed E-state index contributed by atoms with van der Waals surface area (Å²) < 4.78 is 39.6. The number of ether oxygens (including phenoxy) is 2. The molecule has 6 nitrogen and oxygen atoms in total. The number of amides is 1. The standard InChI is InChI=1S/C26H26BrNO5S/c1-5-33-26-22(27)16-20(17-24(26)32-4)14-15-25(29)28(23-13-9-10-18(2)19(23)3)34(30,31)21-11-7-6-8-12-21/h6-17H,5H2,1-4H3/b15-14+. The minimum atomic E-state index is -4.15. The van der Waals surface area contributed by atoms with E-state index in [4.69, 9.17) is 9.47 Å². The fourth-order valence-corrected chi connectivity index (χ4v) is 5.42. The molecule has 0 aliphatic carbocycles. The van der Waals surface area contributed by atoms with Gasteiger partial charge in [-0.2, -0.15) is 4.31 Å². The second kappa shape index (κ2) is 10.9. The van der Waals surface area contributed by atoms with Crippen molar-refractivity contribution in [3.05, 3.63) is 87.9 Å². The van der Waals surface area contributed by atoms with Crippen LogP contribution in [0.3, 0.4) is 0 Å². The van der Waals surface area contributed by atoms with Gasteiger partial charge in [-0.15, -0.1) is 0 Å². The predicted molar refractivity (Wildman–Crippen MR) is 138 cm³/mol. The molecule has 0 aromatic heterocycles. The summed E-state index contributed by atoms with van der Waals surface area (Å²) in [5.41, 5.74) is 2.53. The van der Waals surface area contributed by atoms with E-state index < -0.39 is 15.9 Å². The van der Waals surface area contributed by atoms with Gasteiger partial charge in [-0.25, -0.2) is 8.42 Å². The van der Waals surface area contributed by atoms with E-state index in [1.807, 2.05) is 19.9 Å². The van der Waals surface area contributed by atoms with Crippen molar-refractivity contribution in [2.24, 2.45) is 0 Å². The first-order valence-corrected chi connectivity index (χ1v) is 12.8. The van der Waals surface area contributed by atoms with Crippen molar-refractivity contribution in [3.63, 3.8) is 0 Å². The van der Waals surface area contributed by atoms with E-state index in [9.17, 15) is 13.2 Å². The Bertz CT molecular complexity index is 1320. The third-order valence-electron chi connectivity index (χ3n) is 5.24. The lowest BCUT2D eigenvalue weighted by Crippen LogP contribution is -2.36. The quantitative estimate of drug-likeness (QED) is 0.330. The SMILES string of the molecule is CCOc1c(Br)cc(/C=C/C(=O)N(c2cccc(C)c2C)S(=O)(=O)c2ccccc2)cc1OC. The van der Waals surface area contributed by atoms with Crippen LogP contribution in [0.15, 0.2) is 76.1 Å². The summed E-state index contributed by atoms with van der Waals surface area (Å²) in [6.45, 7) is 6.00. The number of hydrogen-bond acceptors (Lipinski definition) is 5. The number of sulfonamides is 1. The Kier molecular flexibility index (Phi) is 8.17. The summed E-state index contributed by atoms with van der Waals surface area (Å²) in [4.78, 5) is 13.4. The molecule has 0 unspecified atom stereocenters. The lowest BCUT2D eigenvalue weighted by molar-refractivity contribution is -0.113. The van der Waals surface area contributed by atoms with Crippen LogP contribution < -0.4 is 13.8 Å². The highest BCUT2D eigenvalue weighted by Crippen LogP contribution is 2.37. The average Bonchev–Trinajstić information content (AvgIpc) is 2.82. The van der Waals surface area contributed by atoms with Crippen LogP contribution in [0.2, 0.25) is 0 Å². The molecule has 3 aromatic carbocycles. The smallest absolute Gasteiger partial charge is 0.271 e. The van der Waals surface area contributed by atoms with Crippen LogP contribution >= 0.6 is 15.9 Å². The zero-order valence-electron chi connectivity index (χ0n) is 19.4. The molecule has 0 saturated heterocycles. The van der Waals surface area contributed by atoms with Gasteiger partial charge in [-0.3, -0.25) is 4.79 Å². The van der Waals surface area contributed by atoms with E-state index in [-0.39, 0.29) is 4.90 Å². The minimum absolute atomic E-state index is 0.0307. The number of nitrogens with zero attached hydrogens (tertiary/aromatic N) is 1. The number of halogens is 1. The second-order valence-corrected chi connectivity index (χ2v) is 10.1. The Labute approximate surface area is 209 Å². The van der Waals surface area contributed by atoms with Gasteiger partial charge < -0.3 is 9.47 Å². The van der Waals surface area contributed by atoms with E-state index in [2.05, 4.69) is 15.9 Å². The van der Waals surface area contributed by atoms with Crippen molar-refractivity contribution in [2.75, 3.05) is 18.0 Å². The minimum Gasteiger partial charge on any atom is -0.493 e. The van der Waals surface area contributed by atoms with E-state index >= 15 is 0 Å². The van der Waals surface area contributed by atoms with Crippen LogP contribution in [0.4, 0.5) is 5.69 Å². The van der Waals surface area contributed by atoms with E-state index in [0.29, 0.717) is 39.4 Å². The second-order valence-electron chi connectivity index (χ2n) is 7.44. The Balaban J connectivity index is 2.08. The number of carbonyl (C=O) groups excluding carboxylic acids is 1. The number of carbonyl (C=O) groups is 1. The molecular formula is C26H26BrNO5S. The van der Waals surface area contributed by atoms with Crippen molar-refractivity contribution in [1.29, 1.82) is 0 Å². The third kappa shape index (κ3) is 5.34. The van der Waals surface area contributed by atoms with Crippen LogP contribution in [0.1, 0.15) is 23.6 Å². The fourth-order valence-electron chi connectivity index (χ4n) is 3.38. The molecule has 0 radical (unpaired) electrons. The van der Waals surface area contributed by atoms with Gasteiger partial charge in [0, 0.05) is 6.08 Å². The fraction of sp³-hybridized carbons (Fsp3) is 0.192. The van der Waals surface area contributed by atoms with Crippen LogP contribution in [0, 0.1) is 13.8 Å². The lowest BCUT2D eigenvalue weighted by atomic mass is 10.1. The number of methoxy groups -OCH3 is 1. The van der Waals surface area contributed by atoms with Gasteiger partial charge in [-0.1, -0.05) is 30.3 Å². The zero-order valence-corrected chi connectivity index (χ0v) is 21.8. The van der Waals surface area contributed by atoms with Crippen molar-refractivity contribution >= 4 is 43.6 Å². The summed E-state index contributed by atoms with van der Waals surface area (Å²) in [5.74, 6) is 0.352. The summed E-state index contributed by atoms with van der Waals surface area (Å²) in [7, 11) is -2.63. The Morgan fingerprint density at radius 2 is 1.76 bits per heavy atom. The number of hydrogen-bond donors (Lipinski definition) is 0. The Morgan fingerprint density at radius 3 is 2.41 bits per heavy atom. The Hall–Kier alpha value is -3.10. The van der Waals surface area contributed by atoms with E-state index in [0.717, 1.165) is 9.87 Å². The summed E-state index contributed by atoms with van der Waals surface area (Å²) in [6.07, 6.45) is 2.79. The largest absolute Gasteiger partial charge is 0.493 e. The Morgan fingerprint density at radius 1 is 1.06 bits per heavy atom. The zero-order chi connectivity index (χ0) is 24.9. The first-order valence-electron chi connectivity index (χ1n) is 10.6. The van der Waals surface area contributed by atoms with Crippen molar-refractivity contribution in [1.82, 2.24) is 0 Å². The monoisotopic (exact) mass is 543 g/mol. The molecule has 0 aliphatic heterocycles. The van der Waals surface area contributed by atoms with Crippen LogP contribution in [0.5, 0.6) is 11.5 Å². The van der Waals surface area contributed by atoms with Gasteiger partial charge in [0.1, 0.15) is 0 Å². The van der Waals surface area contributed by atoms with Gasteiger partial charge in [0.05, 0.1) is 28.8 Å². The highest BCUT2D eigenvalue weighted by atomic mass is 79.9. The maximum atomic E-state index is 13.5. The summed E-state index contributed by atoms with van der Waals surface area (Å²) in [5, 5.41) is 0. The molecule has 1 amide bonds. The molecule has 0 saturated carbocycles. The first-order chi connectivity index (χ1) is 16.2. The number of aryl methyl sites for hydroxylation is 1. The average molecular weight is 544 g/mol. The molecular weight excluding hydrogens is 518 g/mol. The van der Waals surface area contributed by atoms with Crippen LogP contribution in [0.25, 0.3) is 6.08 Å². The van der Waals surface area contributed by atoms with Gasteiger partial charge in [0.2, 0.25) is 0 Å². The van der Waals surface area contributed by atoms with Crippen molar-refractivity contribution < 1.29 is 22.7 Å². The molecule has 0 aliphatic rings. The van der Waals surface area contributed by atoms with Gasteiger partial charge in [0.15, 0.2) is 11.5 Å². The van der Waals surface area contributed by atoms with Gasteiger partial charge in [0.25, 0.3) is 15.9 Å². The molecule has 0 N–H and O–H groups in total. The molecule has 3 aromatic rings. The first kappa shape index (κ1) is 25.5. The van der Waals surface area contributed by atoms with Gasteiger partial charge >= 0.3 is 0 Å². The molecule has 8 heteroatoms. The maximum absolute atomic E-state index is 13.5. The van der Waals surface area contributed by atoms with Crippen molar-refractivity contribution in [2.45, 2.75) is 25.7 Å². The third-order valence-corrected chi connectivity index (χ3v) is 7.55. The number of anilines is 1. The maximum Gasteiger partial charge on any atom is 0.271 e. The molecule has 0 heterocycles. The van der Waals surface area contributed by atoms with Crippen molar-refractivity contribution in [3.8, 4) is 11.5 Å². The van der Waals surface area contributed by atoms with Crippen LogP contribution in [-0.4, -0.2) is 28.0 Å². The molecule has 0 fully saturated rings. The molecule has 34 heavy (non-hydrogen) atoms. The summed E-state index contributed by atoms with van der Waals surface area (Å²) >= 11 is 3.46. The van der Waals surface area contributed by atoms with Gasteiger partial charge in [-0.05, 0) is 89.8 Å². The highest BCUT2D eigenvalue weighted by Gasteiger charge is 2.31. The topological polar surface area (TPSA) is 72.9 Å². The number of benzene rings is 3. The molecule has 3 rings (SSSR count). The molecule has 0 atom stereocenters. The van der Waals surface area contributed by atoms with Crippen LogP contribution in [-0.2, 0) is 14.8 Å². The number of rotatable bonds is 8. The van der Waals surface area contributed by atoms with E-state index in [1.54, 1.807) is 55.5 Å². The highest BCUT2D eigenvalue weighted by molar-refractivity contribution is 9.10. The summed E-state index contributed by atoms with van der Waals surface area (Å²) in [6, 6.07) is 16.6.